The van der Waals surface area contributed by atoms with Gasteiger partial charge in [-0.1, -0.05) is 6.92 Å². The lowest BCUT2D eigenvalue weighted by atomic mass is 10.1. The summed E-state index contributed by atoms with van der Waals surface area (Å²) in [4.78, 5) is 27.3. The van der Waals surface area contributed by atoms with Crippen LogP contribution >= 0.6 is 0 Å². The van der Waals surface area contributed by atoms with Gasteiger partial charge in [0, 0.05) is 17.5 Å². The zero-order valence-electron chi connectivity index (χ0n) is 9.60. The molecule has 0 fully saturated rings. The minimum absolute atomic E-state index is 0.0374. The van der Waals surface area contributed by atoms with Crippen LogP contribution < -0.4 is 5.56 Å². The average Bonchev–Trinajstić information content (AvgIpc) is 2.28. The molecule has 0 atom stereocenters. The van der Waals surface area contributed by atoms with E-state index in [4.69, 9.17) is 5.11 Å². The number of rotatable bonds is 2. The number of hydrogen-bond acceptors (Lipinski definition) is 3. The molecule has 5 nitrogen and oxygen atoms in total. The third-order valence-electron chi connectivity index (χ3n) is 2.74. The van der Waals surface area contributed by atoms with Gasteiger partial charge in [-0.3, -0.25) is 9.20 Å². The molecule has 0 unspecified atom stereocenters. The predicted octanol–water partition coefficient (Wildman–Crippen LogP) is 1.26. The quantitative estimate of drug-likeness (QED) is 0.846. The van der Waals surface area contributed by atoms with Crippen LogP contribution in [-0.2, 0) is 6.42 Å². The normalized spacial score (nSPS) is 10.7. The van der Waals surface area contributed by atoms with Crippen molar-refractivity contribution in [3.8, 4) is 0 Å². The highest BCUT2D eigenvalue weighted by molar-refractivity contribution is 5.94. The fourth-order valence-corrected chi connectivity index (χ4v) is 1.88. The van der Waals surface area contributed by atoms with E-state index in [0.29, 0.717) is 17.7 Å². The van der Waals surface area contributed by atoms with E-state index in [1.807, 2.05) is 6.92 Å². The van der Waals surface area contributed by atoms with E-state index in [1.165, 1.54) is 22.7 Å². The van der Waals surface area contributed by atoms with Gasteiger partial charge >= 0.3 is 5.97 Å². The second-order valence-corrected chi connectivity index (χ2v) is 3.76. The highest BCUT2D eigenvalue weighted by atomic mass is 16.4. The summed E-state index contributed by atoms with van der Waals surface area (Å²) >= 11 is 0. The molecular weight excluding hydrogens is 220 g/mol. The number of aromatic carboxylic acids is 1. The predicted molar refractivity (Wildman–Crippen MR) is 62.5 cm³/mol. The Morgan fingerprint density at radius 2 is 2.24 bits per heavy atom. The second-order valence-electron chi connectivity index (χ2n) is 3.76. The molecule has 0 aromatic carbocycles. The number of fused-ring (bicyclic) bond motifs is 1. The molecule has 2 rings (SSSR count). The van der Waals surface area contributed by atoms with Gasteiger partial charge in [0.2, 0.25) is 0 Å². The van der Waals surface area contributed by atoms with Gasteiger partial charge in [-0.25, -0.2) is 9.78 Å². The number of aryl methyl sites for hydroxylation is 1. The summed E-state index contributed by atoms with van der Waals surface area (Å²) < 4.78 is 1.29. The lowest BCUT2D eigenvalue weighted by Gasteiger charge is -2.07. The van der Waals surface area contributed by atoms with Crippen LogP contribution in [0.25, 0.3) is 5.65 Å². The van der Waals surface area contributed by atoms with E-state index < -0.39 is 5.97 Å². The third-order valence-corrected chi connectivity index (χ3v) is 2.74. The van der Waals surface area contributed by atoms with Gasteiger partial charge in [0.25, 0.3) is 5.56 Å². The van der Waals surface area contributed by atoms with E-state index in [0.717, 1.165) is 0 Å². The maximum atomic E-state index is 12.1. The molecule has 2 aromatic rings. The smallest absolute Gasteiger partial charge is 0.339 e. The molecule has 0 aliphatic rings. The van der Waals surface area contributed by atoms with Crippen molar-refractivity contribution >= 4 is 11.6 Å². The number of carbonyl (C=O) groups is 1. The molecule has 0 amide bonds. The van der Waals surface area contributed by atoms with Gasteiger partial charge in [-0.05, 0) is 25.5 Å². The van der Waals surface area contributed by atoms with Crippen LogP contribution in [0.4, 0.5) is 0 Å². The number of carboxylic acid groups (broad SMARTS) is 1. The highest BCUT2D eigenvalue weighted by Crippen LogP contribution is 2.09. The molecule has 0 spiro atoms. The number of aromatic nitrogens is 2. The maximum Gasteiger partial charge on any atom is 0.339 e. The SMILES string of the molecule is CCc1c(C)nc2c(C(=O)O)cccn2c1=O. The molecule has 5 heteroatoms. The Morgan fingerprint density at radius 1 is 1.53 bits per heavy atom. The number of hydrogen-bond donors (Lipinski definition) is 1. The van der Waals surface area contributed by atoms with Crippen LogP contribution in [0.1, 0.15) is 28.5 Å². The first-order chi connectivity index (χ1) is 8.06. The van der Waals surface area contributed by atoms with Crippen LogP contribution in [0.2, 0.25) is 0 Å². The summed E-state index contributed by atoms with van der Waals surface area (Å²) in [5.41, 5.74) is 1.24. The molecular formula is C12H12N2O3. The number of carboxylic acids is 1. The van der Waals surface area contributed by atoms with Crippen molar-refractivity contribution in [3.05, 3.63) is 45.5 Å². The van der Waals surface area contributed by atoms with Gasteiger partial charge in [0.05, 0.1) is 0 Å². The van der Waals surface area contributed by atoms with Gasteiger partial charge < -0.3 is 5.11 Å². The summed E-state index contributed by atoms with van der Waals surface area (Å²) in [7, 11) is 0. The van der Waals surface area contributed by atoms with Crippen molar-refractivity contribution in [2.24, 2.45) is 0 Å². The van der Waals surface area contributed by atoms with Crippen molar-refractivity contribution in [1.82, 2.24) is 9.38 Å². The molecule has 17 heavy (non-hydrogen) atoms. The monoisotopic (exact) mass is 232 g/mol. The summed E-state index contributed by atoms with van der Waals surface area (Å²) in [5.74, 6) is -1.08. The molecule has 0 saturated heterocycles. The van der Waals surface area contributed by atoms with E-state index in [9.17, 15) is 9.59 Å². The van der Waals surface area contributed by atoms with Crippen molar-refractivity contribution in [2.75, 3.05) is 0 Å². The van der Waals surface area contributed by atoms with Gasteiger partial charge in [-0.2, -0.15) is 0 Å². The molecule has 0 aliphatic heterocycles. The van der Waals surface area contributed by atoms with Crippen LogP contribution in [-0.4, -0.2) is 20.5 Å². The summed E-state index contributed by atoms with van der Waals surface area (Å²) in [6.07, 6.45) is 2.12. The Hall–Kier alpha value is -2.17. The molecule has 0 bridgehead atoms. The van der Waals surface area contributed by atoms with E-state index >= 15 is 0 Å². The summed E-state index contributed by atoms with van der Waals surface area (Å²) in [6.45, 7) is 3.59. The first-order valence-corrected chi connectivity index (χ1v) is 5.30. The first-order valence-electron chi connectivity index (χ1n) is 5.30. The molecule has 2 aromatic heterocycles. The highest BCUT2D eigenvalue weighted by Gasteiger charge is 2.13. The Kier molecular flexibility index (Phi) is 2.67. The molecule has 0 radical (unpaired) electrons. The number of pyridine rings is 1. The van der Waals surface area contributed by atoms with Crippen LogP contribution in [0.3, 0.4) is 0 Å². The van der Waals surface area contributed by atoms with E-state index in [1.54, 1.807) is 6.92 Å². The van der Waals surface area contributed by atoms with Crippen molar-refractivity contribution in [1.29, 1.82) is 0 Å². The topological polar surface area (TPSA) is 71.7 Å². The fraction of sp³-hybridized carbons (Fsp3) is 0.250. The van der Waals surface area contributed by atoms with Crippen LogP contribution in [0, 0.1) is 6.92 Å². The van der Waals surface area contributed by atoms with E-state index in [2.05, 4.69) is 4.98 Å². The minimum Gasteiger partial charge on any atom is -0.478 e. The Bertz CT molecular complexity index is 659. The summed E-state index contributed by atoms with van der Waals surface area (Å²) in [6, 6.07) is 2.98. The van der Waals surface area contributed by atoms with Crippen LogP contribution in [0.5, 0.6) is 0 Å². The lowest BCUT2D eigenvalue weighted by molar-refractivity contribution is 0.0698. The lowest BCUT2D eigenvalue weighted by Crippen LogP contribution is -2.22. The second kappa shape index (κ2) is 4.01. The molecule has 0 aliphatic carbocycles. The first kappa shape index (κ1) is 11.3. The molecule has 1 N–H and O–H groups in total. The molecule has 0 saturated carbocycles. The average molecular weight is 232 g/mol. The zero-order valence-corrected chi connectivity index (χ0v) is 9.60. The number of nitrogens with zero attached hydrogens (tertiary/aromatic N) is 2. The maximum absolute atomic E-state index is 12.1. The van der Waals surface area contributed by atoms with Crippen LogP contribution in [0.15, 0.2) is 23.1 Å². The molecule has 2 heterocycles. The minimum atomic E-state index is -1.08. The standard InChI is InChI=1S/C12H12N2O3/c1-3-8-7(2)13-10-9(12(16)17)5-4-6-14(10)11(8)15/h4-6H,3H2,1-2H3,(H,16,17). The van der Waals surface area contributed by atoms with Crippen molar-refractivity contribution < 1.29 is 9.90 Å². The largest absolute Gasteiger partial charge is 0.478 e. The van der Waals surface area contributed by atoms with Crippen molar-refractivity contribution in [2.45, 2.75) is 20.3 Å². The Morgan fingerprint density at radius 3 is 2.82 bits per heavy atom. The Labute approximate surface area is 97.4 Å². The third kappa shape index (κ3) is 1.69. The zero-order chi connectivity index (χ0) is 12.6. The van der Waals surface area contributed by atoms with Crippen molar-refractivity contribution in [3.63, 3.8) is 0 Å². The van der Waals surface area contributed by atoms with E-state index in [-0.39, 0.29) is 16.8 Å². The van der Waals surface area contributed by atoms with Gasteiger partial charge in [-0.15, -0.1) is 0 Å². The van der Waals surface area contributed by atoms with Gasteiger partial charge in [0.15, 0.2) is 5.65 Å². The van der Waals surface area contributed by atoms with Gasteiger partial charge in [0.1, 0.15) is 5.56 Å². The molecule has 88 valence electrons. The Balaban J connectivity index is 2.96. The summed E-state index contributed by atoms with van der Waals surface area (Å²) in [5, 5.41) is 9.04. The fourth-order valence-electron chi connectivity index (χ4n) is 1.88.